The zero-order valence-electron chi connectivity index (χ0n) is 21.2. The van der Waals surface area contributed by atoms with E-state index in [1.165, 1.54) is 11.1 Å². The van der Waals surface area contributed by atoms with Crippen LogP contribution >= 0.6 is 0 Å². The summed E-state index contributed by atoms with van der Waals surface area (Å²) in [6, 6.07) is 10.9. The quantitative estimate of drug-likeness (QED) is 0.480. The first-order valence-corrected chi connectivity index (χ1v) is 12.7. The normalized spacial score (nSPS) is 25.3. The van der Waals surface area contributed by atoms with Crippen molar-refractivity contribution in [3.63, 3.8) is 0 Å². The molecule has 0 unspecified atom stereocenters. The first kappa shape index (κ1) is 25.1. The van der Waals surface area contributed by atoms with Crippen molar-refractivity contribution in [1.29, 1.82) is 0 Å². The molecule has 1 heterocycles. The lowest BCUT2D eigenvalue weighted by Gasteiger charge is -2.51. The molecule has 186 valence electrons. The van der Waals surface area contributed by atoms with Crippen LogP contribution in [-0.2, 0) is 0 Å². The van der Waals surface area contributed by atoms with Crippen LogP contribution in [0.4, 0.5) is 8.78 Å². The zero-order valence-corrected chi connectivity index (χ0v) is 21.2. The molecule has 1 saturated heterocycles. The van der Waals surface area contributed by atoms with Crippen molar-refractivity contribution < 1.29 is 18.7 Å². The molecular weight excluding hydrogens is 432 g/mol. The minimum atomic E-state index is -0.365. The van der Waals surface area contributed by atoms with Crippen LogP contribution in [0.2, 0.25) is 0 Å². The summed E-state index contributed by atoms with van der Waals surface area (Å²) in [5, 5.41) is 12.1. The second kappa shape index (κ2) is 9.58. The van der Waals surface area contributed by atoms with E-state index in [1.807, 2.05) is 52.8 Å². The number of nitrogens with zero attached hydrogens (tertiary/aromatic N) is 1. The number of hydroxylamine groups is 2. The number of hydrogen-bond donors (Lipinski definition) is 1. The summed E-state index contributed by atoms with van der Waals surface area (Å²) in [5.74, 6) is 0.775. The lowest BCUT2D eigenvalue weighted by atomic mass is 9.72. The highest BCUT2D eigenvalue weighted by atomic mass is 19.1. The summed E-state index contributed by atoms with van der Waals surface area (Å²) in [6.07, 6.45) is 4.99. The maximum atomic E-state index is 15.3. The Kier molecular flexibility index (Phi) is 7.08. The van der Waals surface area contributed by atoms with E-state index in [4.69, 9.17) is 4.74 Å². The SMILES string of the molecule is CCOc1ccc(C2CCC(c3ccc(C4CC(C)(C)N(O)C(C)(C)C4)cc3F)CC2)c(F)c1. The molecule has 0 bridgehead atoms. The molecule has 0 amide bonds. The summed E-state index contributed by atoms with van der Waals surface area (Å²) in [4.78, 5) is 0. The number of ether oxygens (including phenoxy) is 1. The molecule has 1 aliphatic heterocycles. The van der Waals surface area contributed by atoms with E-state index in [0.29, 0.717) is 12.4 Å². The van der Waals surface area contributed by atoms with Crippen LogP contribution in [0.1, 0.15) is 108 Å². The van der Waals surface area contributed by atoms with Crippen LogP contribution in [0, 0.1) is 11.6 Å². The Morgan fingerprint density at radius 2 is 1.32 bits per heavy atom. The third-order valence-electron chi connectivity index (χ3n) is 8.02. The molecule has 4 rings (SSSR count). The second-order valence-electron chi connectivity index (χ2n) is 11.5. The van der Waals surface area contributed by atoms with Crippen LogP contribution in [0.3, 0.4) is 0 Å². The number of halogens is 2. The molecule has 2 aromatic carbocycles. The first-order chi connectivity index (χ1) is 16.0. The summed E-state index contributed by atoms with van der Waals surface area (Å²) in [6.45, 7) is 10.6. The van der Waals surface area contributed by atoms with Gasteiger partial charge in [-0.15, -0.1) is 0 Å². The predicted molar refractivity (Wildman–Crippen MR) is 132 cm³/mol. The summed E-state index contributed by atoms with van der Waals surface area (Å²) in [7, 11) is 0. The second-order valence-corrected chi connectivity index (χ2v) is 11.5. The topological polar surface area (TPSA) is 32.7 Å². The van der Waals surface area contributed by atoms with Gasteiger partial charge in [-0.2, -0.15) is 5.06 Å². The van der Waals surface area contributed by atoms with Crippen molar-refractivity contribution in [2.24, 2.45) is 0 Å². The summed E-state index contributed by atoms with van der Waals surface area (Å²) in [5.41, 5.74) is 1.82. The minimum absolute atomic E-state index is 0.129. The first-order valence-electron chi connectivity index (χ1n) is 12.7. The molecule has 34 heavy (non-hydrogen) atoms. The highest BCUT2D eigenvalue weighted by molar-refractivity contribution is 5.34. The van der Waals surface area contributed by atoms with Crippen molar-refractivity contribution in [2.45, 2.75) is 102 Å². The van der Waals surface area contributed by atoms with Gasteiger partial charge in [0.15, 0.2) is 0 Å². The molecule has 2 aliphatic rings. The molecule has 1 saturated carbocycles. The van der Waals surface area contributed by atoms with Crippen molar-refractivity contribution >= 4 is 0 Å². The molecule has 1 N–H and O–H groups in total. The fourth-order valence-electron chi connectivity index (χ4n) is 6.45. The van der Waals surface area contributed by atoms with Gasteiger partial charge in [-0.3, -0.25) is 0 Å². The van der Waals surface area contributed by atoms with Crippen LogP contribution in [0.25, 0.3) is 0 Å². The third-order valence-corrected chi connectivity index (χ3v) is 8.02. The number of benzene rings is 2. The smallest absolute Gasteiger partial charge is 0.130 e. The molecular formula is C29H39F2NO2. The van der Waals surface area contributed by atoms with Crippen LogP contribution in [0.5, 0.6) is 5.75 Å². The van der Waals surface area contributed by atoms with E-state index < -0.39 is 0 Å². The van der Waals surface area contributed by atoms with Gasteiger partial charge < -0.3 is 9.94 Å². The van der Waals surface area contributed by atoms with E-state index >= 15 is 4.39 Å². The Balaban J connectivity index is 1.44. The van der Waals surface area contributed by atoms with E-state index in [0.717, 1.165) is 55.2 Å². The van der Waals surface area contributed by atoms with Crippen LogP contribution in [-0.4, -0.2) is 28.0 Å². The summed E-state index contributed by atoms with van der Waals surface area (Å²) >= 11 is 0. The Morgan fingerprint density at radius 3 is 1.79 bits per heavy atom. The van der Waals surface area contributed by atoms with Gasteiger partial charge in [0.1, 0.15) is 17.4 Å². The average Bonchev–Trinajstić information content (AvgIpc) is 2.77. The van der Waals surface area contributed by atoms with Crippen LogP contribution < -0.4 is 4.74 Å². The van der Waals surface area contributed by atoms with Gasteiger partial charge in [0.2, 0.25) is 0 Å². The highest BCUT2D eigenvalue weighted by Crippen LogP contribution is 2.46. The lowest BCUT2D eigenvalue weighted by Crippen LogP contribution is -2.58. The van der Waals surface area contributed by atoms with Gasteiger partial charge in [-0.25, -0.2) is 8.78 Å². The van der Waals surface area contributed by atoms with Crippen molar-refractivity contribution in [1.82, 2.24) is 5.06 Å². The molecule has 0 atom stereocenters. The van der Waals surface area contributed by atoms with Gasteiger partial charge >= 0.3 is 0 Å². The standard InChI is InChI=1S/C29H39F2NO2/c1-6-34-23-12-14-25(27(31)16-23)20-9-7-19(8-10-20)24-13-11-21(15-26(24)30)22-17-28(2,3)32(33)29(4,5)18-22/h11-16,19-20,22,33H,6-10,17-18H2,1-5H3. The van der Waals surface area contributed by atoms with Gasteiger partial charge in [-0.1, -0.05) is 18.2 Å². The fraction of sp³-hybridized carbons (Fsp3) is 0.586. The molecule has 1 aliphatic carbocycles. The van der Waals surface area contributed by atoms with E-state index in [1.54, 1.807) is 6.07 Å². The van der Waals surface area contributed by atoms with Gasteiger partial charge in [-0.05, 0) is 120 Å². The minimum Gasteiger partial charge on any atom is -0.494 e. The largest absolute Gasteiger partial charge is 0.494 e. The molecule has 5 heteroatoms. The molecule has 2 fully saturated rings. The van der Waals surface area contributed by atoms with E-state index in [-0.39, 0.29) is 40.5 Å². The Morgan fingerprint density at radius 1 is 0.824 bits per heavy atom. The van der Waals surface area contributed by atoms with Crippen molar-refractivity contribution in [2.75, 3.05) is 6.61 Å². The molecule has 0 spiro atoms. The third kappa shape index (κ3) is 5.01. The lowest BCUT2D eigenvalue weighted by molar-refractivity contribution is -0.245. The predicted octanol–water partition coefficient (Wildman–Crippen LogP) is 7.93. The number of piperidine rings is 1. The Bertz CT molecular complexity index is 993. The van der Waals surface area contributed by atoms with E-state index in [2.05, 4.69) is 6.07 Å². The van der Waals surface area contributed by atoms with E-state index in [9.17, 15) is 9.60 Å². The van der Waals surface area contributed by atoms with Crippen LogP contribution in [0.15, 0.2) is 36.4 Å². The van der Waals surface area contributed by atoms with Gasteiger partial charge in [0.05, 0.1) is 6.61 Å². The van der Waals surface area contributed by atoms with Gasteiger partial charge in [0.25, 0.3) is 0 Å². The maximum absolute atomic E-state index is 15.3. The monoisotopic (exact) mass is 471 g/mol. The number of rotatable bonds is 5. The highest BCUT2D eigenvalue weighted by Gasteiger charge is 2.45. The Hall–Kier alpha value is -1.98. The Labute approximate surface area is 203 Å². The van der Waals surface area contributed by atoms with Crippen molar-refractivity contribution in [3.05, 3.63) is 64.7 Å². The molecule has 2 aromatic rings. The molecule has 3 nitrogen and oxygen atoms in total. The maximum Gasteiger partial charge on any atom is 0.130 e. The molecule has 0 radical (unpaired) electrons. The fourth-order valence-corrected chi connectivity index (χ4v) is 6.45. The number of hydrogen-bond acceptors (Lipinski definition) is 3. The zero-order chi connectivity index (χ0) is 24.7. The average molecular weight is 472 g/mol. The summed E-state index contributed by atoms with van der Waals surface area (Å²) < 4.78 is 35.4. The van der Waals surface area contributed by atoms with Crippen molar-refractivity contribution in [3.8, 4) is 5.75 Å². The molecule has 0 aromatic heterocycles. The van der Waals surface area contributed by atoms with Gasteiger partial charge in [0, 0.05) is 17.1 Å².